The molecule has 0 aliphatic rings. The van der Waals surface area contributed by atoms with E-state index >= 15 is 0 Å². The van der Waals surface area contributed by atoms with Crippen LogP contribution in [0.2, 0.25) is 0 Å². The van der Waals surface area contributed by atoms with Gasteiger partial charge in [-0.15, -0.1) is 11.3 Å². The van der Waals surface area contributed by atoms with Gasteiger partial charge in [-0.1, -0.05) is 6.07 Å². The monoisotopic (exact) mass is 357 g/mol. The predicted octanol–water partition coefficient (Wildman–Crippen LogP) is 3.69. The van der Waals surface area contributed by atoms with Crippen LogP contribution in [0.25, 0.3) is 11.0 Å². The van der Waals surface area contributed by atoms with Crippen LogP contribution in [0.5, 0.6) is 0 Å². The minimum absolute atomic E-state index is 0.0121. The summed E-state index contributed by atoms with van der Waals surface area (Å²) < 4.78 is 5.73. The van der Waals surface area contributed by atoms with E-state index in [2.05, 4.69) is 37.1 Å². The number of hydrogen-bond acceptors (Lipinski definition) is 5. The van der Waals surface area contributed by atoms with E-state index in [-0.39, 0.29) is 5.91 Å². The number of nitrogens with zero attached hydrogens (tertiary/aromatic N) is 1. The fourth-order valence-electron chi connectivity index (χ4n) is 3.09. The minimum atomic E-state index is 0.0121. The summed E-state index contributed by atoms with van der Waals surface area (Å²) in [5, 5.41) is 6.59. The zero-order chi connectivity index (χ0) is 18.0. The second-order valence-corrected chi connectivity index (χ2v) is 7.30. The van der Waals surface area contributed by atoms with Crippen LogP contribution in [0.15, 0.2) is 22.1 Å². The number of carbonyl (C=O) groups excluding carboxylic acids is 1. The van der Waals surface area contributed by atoms with Gasteiger partial charge < -0.3 is 15.5 Å². The Bertz CT molecular complexity index is 911. The van der Waals surface area contributed by atoms with Crippen LogP contribution in [-0.4, -0.2) is 17.4 Å². The summed E-state index contributed by atoms with van der Waals surface area (Å²) in [6.07, 6.45) is 3.71. The van der Waals surface area contributed by atoms with Crippen molar-refractivity contribution in [3.8, 4) is 0 Å². The van der Waals surface area contributed by atoms with Crippen LogP contribution in [0, 0.1) is 20.8 Å². The zero-order valence-electron chi connectivity index (χ0n) is 14.8. The second-order valence-electron chi connectivity index (χ2n) is 6.41. The molecule has 2 aromatic heterocycles. The quantitative estimate of drug-likeness (QED) is 0.659. The number of rotatable bonds is 6. The topological polar surface area (TPSA) is 81.2 Å². The van der Waals surface area contributed by atoms with Crippen molar-refractivity contribution in [3.05, 3.63) is 45.7 Å². The molecular formula is C19H23N3O2S. The van der Waals surface area contributed by atoms with Crippen LogP contribution >= 0.6 is 11.3 Å². The number of thiazole rings is 1. The minimum Gasteiger partial charge on any atom is -0.464 e. The number of furan rings is 1. The lowest BCUT2D eigenvalue weighted by atomic mass is 9.99. The molecule has 0 fully saturated rings. The first-order valence-electron chi connectivity index (χ1n) is 8.39. The lowest BCUT2D eigenvalue weighted by molar-refractivity contribution is -0.120. The molecule has 0 saturated heterocycles. The highest BCUT2D eigenvalue weighted by atomic mass is 32.1. The van der Waals surface area contributed by atoms with Crippen molar-refractivity contribution in [2.75, 3.05) is 12.3 Å². The standard InChI is InChI=1S/C19H23N3O2S/c1-11-7-12(2)17-14(9-24-18(17)13(11)3)8-16(23)21-6-4-5-15-10-25-19(20)22-15/h7,9-10H,4-6,8H2,1-3H3,(H2,20,22)(H,21,23). The van der Waals surface area contributed by atoms with Gasteiger partial charge in [0.1, 0.15) is 5.58 Å². The molecule has 2 heterocycles. The van der Waals surface area contributed by atoms with E-state index in [1.54, 1.807) is 6.26 Å². The Labute approximate surface area is 151 Å². The molecule has 132 valence electrons. The summed E-state index contributed by atoms with van der Waals surface area (Å²) in [4.78, 5) is 16.5. The first-order valence-corrected chi connectivity index (χ1v) is 9.27. The van der Waals surface area contributed by atoms with Crippen molar-refractivity contribution in [1.29, 1.82) is 0 Å². The number of anilines is 1. The normalized spacial score (nSPS) is 11.2. The highest BCUT2D eigenvalue weighted by Gasteiger charge is 2.15. The highest BCUT2D eigenvalue weighted by molar-refractivity contribution is 7.13. The van der Waals surface area contributed by atoms with Gasteiger partial charge in [-0.2, -0.15) is 0 Å². The number of benzene rings is 1. The molecule has 3 N–H and O–H groups in total. The SMILES string of the molecule is Cc1cc(C)c2c(CC(=O)NCCCc3csc(N)n3)coc2c1C. The van der Waals surface area contributed by atoms with Crippen LogP contribution < -0.4 is 11.1 Å². The van der Waals surface area contributed by atoms with Gasteiger partial charge in [0, 0.05) is 22.9 Å². The van der Waals surface area contributed by atoms with Gasteiger partial charge in [0.05, 0.1) is 18.4 Å². The molecule has 0 spiro atoms. The highest BCUT2D eigenvalue weighted by Crippen LogP contribution is 2.30. The fourth-order valence-corrected chi connectivity index (χ4v) is 3.68. The number of nitrogen functional groups attached to an aromatic ring is 1. The van der Waals surface area contributed by atoms with Crippen molar-refractivity contribution < 1.29 is 9.21 Å². The second kappa shape index (κ2) is 7.27. The van der Waals surface area contributed by atoms with Gasteiger partial charge in [0.15, 0.2) is 5.13 Å². The number of nitrogens with one attached hydrogen (secondary N) is 1. The number of aromatic nitrogens is 1. The van der Waals surface area contributed by atoms with E-state index in [0.29, 0.717) is 18.1 Å². The molecule has 0 atom stereocenters. The molecule has 1 amide bonds. The maximum Gasteiger partial charge on any atom is 0.224 e. The predicted molar refractivity (Wildman–Crippen MR) is 102 cm³/mol. The molecule has 3 rings (SSSR count). The van der Waals surface area contributed by atoms with Crippen LogP contribution in [0.3, 0.4) is 0 Å². The van der Waals surface area contributed by atoms with Crippen LogP contribution in [0.1, 0.15) is 34.4 Å². The fraction of sp³-hybridized carbons (Fsp3) is 0.368. The molecule has 0 saturated carbocycles. The summed E-state index contributed by atoms with van der Waals surface area (Å²) >= 11 is 1.44. The Morgan fingerprint density at radius 3 is 2.84 bits per heavy atom. The van der Waals surface area contributed by atoms with Crippen molar-refractivity contribution in [2.24, 2.45) is 0 Å². The average molecular weight is 357 g/mol. The largest absolute Gasteiger partial charge is 0.464 e. The summed E-state index contributed by atoms with van der Waals surface area (Å²) in [5.74, 6) is 0.0121. The van der Waals surface area contributed by atoms with Gasteiger partial charge in [-0.3, -0.25) is 4.79 Å². The molecule has 5 nitrogen and oxygen atoms in total. The summed E-state index contributed by atoms with van der Waals surface area (Å²) in [5.41, 5.74) is 11.9. The molecular weight excluding hydrogens is 334 g/mol. The smallest absolute Gasteiger partial charge is 0.224 e. The molecule has 0 aliphatic heterocycles. The average Bonchev–Trinajstić information content (AvgIpc) is 3.16. The number of fused-ring (bicyclic) bond motifs is 1. The Morgan fingerprint density at radius 2 is 2.12 bits per heavy atom. The molecule has 3 aromatic rings. The summed E-state index contributed by atoms with van der Waals surface area (Å²) in [7, 11) is 0. The third-order valence-electron chi connectivity index (χ3n) is 4.48. The third kappa shape index (κ3) is 3.85. The maximum atomic E-state index is 12.2. The van der Waals surface area contributed by atoms with Gasteiger partial charge >= 0.3 is 0 Å². The number of hydrogen-bond donors (Lipinski definition) is 2. The summed E-state index contributed by atoms with van der Waals surface area (Å²) in [6, 6.07) is 2.15. The van der Waals surface area contributed by atoms with Gasteiger partial charge in [0.25, 0.3) is 0 Å². The number of carbonyl (C=O) groups is 1. The lowest BCUT2D eigenvalue weighted by Gasteiger charge is -2.07. The lowest BCUT2D eigenvalue weighted by Crippen LogP contribution is -2.26. The zero-order valence-corrected chi connectivity index (χ0v) is 15.6. The van der Waals surface area contributed by atoms with Gasteiger partial charge in [0.2, 0.25) is 5.91 Å². The van der Waals surface area contributed by atoms with E-state index in [1.165, 1.54) is 16.9 Å². The van der Waals surface area contributed by atoms with Gasteiger partial charge in [-0.25, -0.2) is 4.98 Å². The first kappa shape index (κ1) is 17.5. The Hall–Kier alpha value is -2.34. The molecule has 6 heteroatoms. The van der Waals surface area contributed by atoms with E-state index in [1.807, 2.05) is 5.38 Å². The Kier molecular flexibility index (Phi) is 5.08. The van der Waals surface area contributed by atoms with Gasteiger partial charge in [-0.05, 0) is 50.3 Å². The Balaban J connectivity index is 1.58. The molecule has 0 bridgehead atoms. The van der Waals surface area contributed by atoms with Crippen molar-refractivity contribution in [3.63, 3.8) is 0 Å². The van der Waals surface area contributed by atoms with Crippen LogP contribution in [-0.2, 0) is 17.6 Å². The van der Waals surface area contributed by atoms with E-state index in [0.717, 1.165) is 46.2 Å². The Morgan fingerprint density at radius 1 is 1.32 bits per heavy atom. The van der Waals surface area contributed by atoms with Crippen molar-refractivity contribution in [2.45, 2.75) is 40.0 Å². The molecule has 25 heavy (non-hydrogen) atoms. The van der Waals surface area contributed by atoms with E-state index < -0.39 is 0 Å². The van der Waals surface area contributed by atoms with E-state index in [9.17, 15) is 4.79 Å². The molecule has 0 aliphatic carbocycles. The summed E-state index contributed by atoms with van der Waals surface area (Å²) in [6.45, 7) is 6.82. The third-order valence-corrected chi connectivity index (χ3v) is 5.20. The molecule has 0 unspecified atom stereocenters. The first-order chi connectivity index (χ1) is 12.0. The molecule has 0 radical (unpaired) electrons. The number of amides is 1. The maximum absolute atomic E-state index is 12.2. The number of nitrogens with two attached hydrogens (primary N) is 1. The molecule has 1 aromatic carbocycles. The van der Waals surface area contributed by atoms with Crippen molar-refractivity contribution >= 4 is 33.3 Å². The number of aryl methyl sites for hydroxylation is 4. The van der Waals surface area contributed by atoms with Crippen molar-refractivity contribution in [1.82, 2.24) is 10.3 Å². The van der Waals surface area contributed by atoms with E-state index in [4.69, 9.17) is 10.2 Å². The van der Waals surface area contributed by atoms with Crippen LogP contribution in [0.4, 0.5) is 5.13 Å².